The summed E-state index contributed by atoms with van der Waals surface area (Å²) in [6.07, 6.45) is 3.85. The molecule has 0 saturated heterocycles. The average Bonchev–Trinajstić information content (AvgIpc) is 2.26. The second kappa shape index (κ2) is 8.52. The predicted molar refractivity (Wildman–Crippen MR) is 76.3 cm³/mol. The largest absolute Gasteiger partial charge is 0.466 e. The lowest BCUT2D eigenvalue weighted by atomic mass is 9.75. The van der Waals surface area contributed by atoms with Crippen molar-refractivity contribution < 1.29 is 9.53 Å². The molecular weight excluding hydrogens is 226 g/mol. The van der Waals surface area contributed by atoms with E-state index in [1.54, 1.807) is 0 Å². The van der Waals surface area contributed by atoms with Crippen LogP contribution in [0.2, 0.25) is 0 Å². The van der Waals surface area contributed by atoms with Gasteiger partial charge in [-0.05, 0) is 31.6 Å². The van der Waals surface area contributed by atoms with Crippen LogP contribution in [0.5, 0.6) is 0 Å². The van der Waals surface area contributed by atoms with Crippen LogP contribution < -0.4 is 5.73 Å². The number of rotatable bonds is 9. The molecule has 0 bridgehead atoms. The van der Waals surface area contributed by atoms with Gasteiger partial charge in [0.15, 0.2) is 0 Å². The zero-order valence-corrected chi connectivity index (χ0v) is 12.8. The third-order valence-electron chi connectivity index (χ3n) is 3.33. The van der Waals surface area contributed by atoms with Crippen LogP contribution in [-0.2, 0) is 9.53 Å². The van der Waals surface area contributed by atoms with Crippen LogP contribution in [-0.4, -0.2) is 19.1 Å². The lowest BCUT2D eigenvalue weighted by Gasteiger charge is -2.32. The number of carbonyl (C=O) groups is 1. The highest BCUT2D eigenvalue weighted by molar-refractivity contribution is 5.77. The summed E-state index contributed by atoms with van der Waals surface area (Å²) in [5.41, 5.74) is 5.43. The molecule has 0 heterocycles. The Morgan fingerprint density at radius 3 is 2.22 bits per heavy atom. The second-order valence-electron chi connectivity index (χ2n) is 6.09. The fourth-order valence-electron chi connectivity index (χ4n) is 2.47. The summed E-state index contributed by atoms with van der Waals surface area (Å²) < 4.78 is 5.24. The normalized spacial score (nSPS) is 14.9. The van der Waals surface area contributed by atoms with E-state index in [9.17, 15) is 4.79 Å². The number of carbonyl (C=O) groups excluding carboxylic acids is 1. The topological polar surface area (TPSA) is 52.3 Å². The van der Waals surface area contributed by atoms with Gasteiger partial charge in [0.05, 0.1) is 12.0 Å². The zero-order valence-electron chi connectivity index (χ0n) is 12.8. The Hall–Kier alpha value is -0.570. The molecule has 0 amide bonds. The third kappa shape index (κ3) is 5.85. The molecule has 18 heavy (non-hydrogen) atoms. The minimum atomic E-state index is -0.473. The molecule has 0 fully saturated rings. The van der Waals surface area contributed by atoms with E-state index in [2.05, 4.69) is 27.7 Å². The summed E-state index contributed by atoms with van der Waals surface area (Å²) in [4.78, 5) is 12.2. The molecule has 0 aliphatic rings. The fourth-order valence-corrected chi connectivity index (χ4v) is 2.47. The summed E-state index contributed by atoms with van der Waals surface area (Å²) in [6, 6.07) is 0. The zero-order chi connectivity index (χ0) is 14.2. The molecule has 0 aromatic heterocycles. The van der Waals surface area contributed by atoms with Crippen molar-refractivity contribution in [2.45, 2.75) is 60.3 Å². The Bertz CT molecular complexity index is 239. The maximum Gasteiger partial charge on any atom is 0.313 e. The first kappa shape index (κ1) is 17.4. The molecule has 3 heteroatoms. The van der Waals surface area contributed by atoms with Gasteiger partial charge in [0.2, 0.25) is 0 Å². The molecule has 1 unspecified atom stereocenters. The van der Waals surface area contributed by atoms with Crippen molar-refractivity contribution in [1.29, 1.82) is 0 Å². The van der Waals surface area contributed by atoms with Crippen LogP contribution in [0.15, 0.2) is 0 Å². The second-order valence-corrected chi connectivity index (χ2v) is 6.09. The van der Waals surface area contributed by atoms with Crippen LogP contribution in [0.4, 0.5) is 0 Å². The van der Waals surface area contributed by atoms with Crippen molar-refractivity contribution in [2.24, 2.45) is 23.0 Å². The van der Waals surface area contributed by atoms with E-state index in [0.717, 1.165) is 25.7 Å². The van der Waals surface area contributed by atoms with Crippen LogP contribution in [0.3, 0.4) is 0 Å². The Kier molecular flexibility index (Phi) is 8.25. The molecule has 0 aromatic rings. The minimum absolute atomic E-state index is 0.107. The van der Waals surface area contributed by atoms with Gasteiger partial charge in [-0.15, -0.1) is 0 Å². The van der Waals surface area contributed by atoms with Crippen molar-refractivity contribution in [3.8, 4) is 0 Å². The van der Waals surface area contributed by atoms with Gasteiger partial charge in [-0.25, -0.2) is 0 Å². The lowest BCUT2D eigenvalue weighted by Crippen LogP contribution is -2.41. The lowest BCUT2D eigenvalue weighted by molar-refractivity contribution is -0.156. The van der Waals surface area contributed by atoms with Crippen LogP contribution in [0, 0.1) is 17.3 Å². The molecule has 2 N–H and O–H groups in total. The first-order valence-electron chi connectivity index (χ1n) is 7.25. The van der Waals surface area contributed by atoms with E-state index >= 15 is 0 Å². The van der Waals surface area contributed by atoms with E-state index < -0.39 is 5.41 Å². The molecule has 0 aliphatic carbocycles. The van der Waals surface area contributed by atoms with Crippen molar-refractivity contribution in [3.63, 3.8) is 0 Å². The summed E-state index contributed by atoms with van der Waals surface area (Å²) in [5.74, 6) is 1.02. The smallest absolute Gasteiger partial charge is 0.313 e. The van der Waals surface area contributed by atoms with Crippen molar-refractivity contribution in [1.82, 2.24) is 0 Å². The first-order chi connectivity index (χ1) is 8.38. The van der Waals surface area contributed by atoms with Gasteiger partial charge in [-0.3, -0.25) is 4.79 Å². The SMILES string of the molecule is CCOC(=O)C(CN)(CCCC(C)C)CC(C)C. The van der Waals surface area contributed by atoms with E-state index in [1.165, 1.54) is 0 Å². The molecule has 0 aliphatic heterocycles. The monoisotopic (exact) mass is 257 g/mol. The molecule has 0 aromatic carbocycles. The molecule has 0 radical (unpaired) electrons. The van der Waals surface area contributed by atoms with Gasteiger partial charge in [0.25, 0.3) is 0 Å². The summed E-state index contributed by atoms with van der Waals surface area (Å²) in [6.45, 7) is 11.3. The maximum atomic E-state index is 12.2. The van der Waals surface area contributed by atoms with Gasteiger partial charge >= 0.3 is 5.97 Å². The molecule has 1 atom stereocenters. The highest BCUT2D eigenvalue weighted by atomic mass is 16.5. The molecule has 0 saturated carbocycles. The van der Waals surface area contributed by atoms with Crippen molar-refractivity contribution >= 4 is 5.97 Å². The fraction of sp³-hybridized carbons (Fsp3) is 0.933. The average molecular weight is 257 g/mol. The summed E-state index contributed by atoms with van der Waals surface area (Å²) in [7, 11) is 0. The number of nitrogens with two attached hydrogens (primary N) is 1. The Balaban J connectivity index is 4.69. The molecule has 0 rings (SSSR count). The highest BCUT2D eigenvalue weighted by Gasteiger charge is 2.38. The van der Waals surface area contributed by atoms with Crippen LogP contribution >= 0.6 is 0 Å². The Morgan fingerprint density at radius 1 is 1.22 bits per heavy atom. The molecule has 108 valence electrons. The number of ether oxygens (including phenoxy) is 1. The summed E-state index contributed by atoms with van der Waals surface area (Å²) in [5, 5.41) is 0. The first-order valence-corrected chi connectivity index (χ1v) is 7.25. The van der Waals surface area contributed by atoms with Gasteiger partial charge in [-0.1, -0.05) is 40.5 Å². The minimum Gasteiger partial charge on any atom is -0.466 e. The molecule has 3 nitrogen and oxygen atoms in total. The van der Waals surface area contributed by atoms with Crippen LogP contribution in [0.1, 0.15) is 60.3 Å². The van der Waals surface area contributed by atoms with Gasteiger partial charge < -0.3 is 10.5 Å². The Morgan fingerprint density at radius 2 is 1.83 bits per heavy atom. The highest BCUT2D eigenvalue weighted by Crippen LogP contribution is 2.33. The van der Waals surface area contributed by atoms with Crippen molar-refractivity contribution in [3.05, 3.63) is 0 Å². The number of hydrogen-bond donors (Lipinski definition) is 1. The van der Waals surface area contributed by atoms with E-state index in [-0.39, 0.29) is 5.97 Å². The van der Waals surface area contributed by atoms with Gasteiger partial charge in [0, 0.05) is 6.54 Å². The van der Waals surface area contributed by atoms with E-state index in [1.807, 2.05) is 6.92 Å². The standard InChI is InChI=1S/C15H31NO2/c1-6-18-14(17)15(11-16,10-13(4)5)9-7-8-12(2)3/h12-13H,6-11,16H2,1-5H3. The van der Waals surface area contributed by atoms with E-state index in [4.69, 9.17) is 10.5 Å². The predicted octanol–water partition coefficient (Wildman–Crippen LogP) is 3.37. The van der Waals surface area contributed by atoms with E-state index in [0.29, 0.717) is 25.0 Å². The molecular formula is C15H31NO2. The quantitative estimate of drug-likeness (QED) is 0.644. The van der Waals surface area contributed by atoms with Crippen LogP contribution in [0.25, 0.3) is 0 Å². The third-order valence-corrected chi connectivity index (χ3v) is 3.33. The number of esters is 1. The molecule has 0 spiro atoms. The Labute approximate surface area is 112 Å². The van der Waals surface area contributed by atoms with Gasteiger partial charge in [0.1, 0.15) is 0 Å². The van der Waals surface area contributed by atoms with Crippen molar-refractivity contribution in [2.75, 3.05) is 13.2 Å². The van der Waals surface area contributed by atoms with Gasteiger partial charge in [-0.2, -0.15) is 0 Å². The summed E-state index contributed by atoms with van der Waals surface area (Å²) >= 11 is 0. The maximum absolute atomic E-state index is 12.2. The number of hydrogen-bond acceptors (Lipinski definition) is 3.